The van der Waals surface area contributed by atoms with Gasteiger partial charge in [0.25, 0.3) is 0 Å². The number of benzene rings is 1. The molecule has 0 radical (unpaired) electrons. The zero-order valence-electron chi connectivity index (χ0n) is 11.0. The summed E-state index contributed by atoms with van der Waals surface area (Å²) < 4.78 is 10.6. The van der Waals surface area contributed by atoms with E-state index in [1.54, 1.807) is 6.07 Å². The molecule has 0 aromatic heterocycles. The summed E-state index contributed by atoms with van der Waals surface area (Å²) in [5, 5.41) is 0. The van der Waals surface area contributed by atoms with E-state index in [4.69, 9.17) is 15.2 Å². The topological polar surface area (TPSA) is 61.6 Å². The van der Waals surface area contributed by atoms with Crippen molar-refractivity contribution >= 4 is 5.78 Å². The van der Waals surface area contributed by atoms with Gasteiger partial charge in [0.15, 0.2) is 17.3 Å². The molecule has 1 atom stereocenters. The first-order valence-electron chi connectivity index (χ1n) is 6.19. The van der Waals surface area contributed by atoms with Crippen molar-refractivity contribution in [2.75, 3.05) is 13.3 Å². The van der Waals surface area contributed by atoms with Crippen LogP contribution in [-0.2, 0) is 0 Å². The molecule has 0 bridgehead atoms. The number of aryl methyl sites for hydroxylation is 1. The average molecular weight is 249 g/mol. The highest BCUT2D eigenvalue weighted by Crippen LogP contribution is 2.35. The molecule has 0 saturated heterocycles. The molecule has 1 heterocycles. The third kappa shape index (κ3) is 2.20. The molecule has 0 amide bonds. The Morgan fingerprint density at radius 1 is 1.33 bits per heavy atom. The Morgan fingerprint density at radius 3 is 2.50 bits per heavy atom. The van der Waals surface area contributed by atoms with Crippen LogP contribution in [0.5, 0.6) is 11.5 Å². The smallest absolute Gasteiger partial charge is 0.231 e. The Morgan fingerprint density at radius 2 is 1.94 bits per heavy atom. The third-order valence-corrected chi connectivity index (χ3v) is 3.38. The standard InChI is InChI=1S/C14H19NO3/c1-8(2)11(6-15)14(16)10-5-13-12(4-9(10)3)17-7-18-13/h4-5,8,11H,6-7,15H2,1-3H3. The monoisotopic (exact) mass is 249 g/mol. The summed E-state index contributed by atoms with van der Waals surface area (Å²) >= 11 is 0. The van der Waals surface area contributed by atoms with E-state index in [2.05, 4.69) is 0 Å². The van der Waals surface area contributed by atoms with Crippen LogP contribution in [0.2, 0.25) is 0 Å². The first-order chi connectivity index (χ1) is 8.54. The van der Waals surface area contributed by atoms with Crippen molar-refractivity contribution in [3.63, 3.8) is 0 Å². The first-order valence-corrected chi connectivity index (χ1v) is 6.19. The van der Waals surface area contributed by atoms with Crippen molar-refractivity contribution < 1.29 is 14.3 Å². The van der Waals surface area contributed by atoms with Gasteiger partial charge in [0.1, 0.15) is 0 Å². The molecule has 0 fully saturated rings. The molecule has 1 aromatic carbocycles. The van der Waals surface area contributed by atoms with Gasteiger partial charge in [-0.25, -0.2) is 0 Å². The number of hydrogen-bond donors (Lipinski definition) is 1. The molecular weight excluding hydrogens is 230 g/mol. The van der Waals surface area contributed by atoms with Crippen molar-refractivity contribution in [3.05, 3.63) is 23.3 Å². The van der Waals surface area contributed by atoms with Gasteiger partial charge in [-0.2, -0.15) is 0 Å². The summed E-state index contributed by atoms with van der Waals surface area (Å²) in [7, 11) is 0. The molecule has 0 aliphatic carbocycles. The molecule has 4 nitrogen and oxygen atoms in total. The van der Waals surface area contributed by atoms with Crippen molar-refractivity contribution in [2.45, 2.75) is 20.8 Å². The fourth-order valence-corrected chi connectivity index (χ4v) is 2.19. The number of Topliss-reactive ketones (excluding diaryl/α,β-unsaturated/α-hetero) is 1. The Hall–Kier alpha value is -1.55. The molecule has 0 saturated carbocycles. The number of hydrogen-bond acceptors (Lipinski definition) is 4. The summed E-state index contributed by atoms with van der Waals surface area (Å²) in [5.74, 6) is 1.51. The molecule has 1 aromatic rings. The van der Waals surface area contributed by atoms with Gasteiger partial charge in [-0.3, -0.25) is 4.79 Å². The predicted molar refractivity (Wildman–Crippen MR) is 69.0 cm³/mol. The van der Waals surface area contributed by atoms with E-state index in [-0.39, 0.29) is 24.4 Å². The van der Waals surface area contributed by atoms with E-state index in [0.717, 1.165) is 5.56 Å². The average Bonchev–Trinajstić information content (AvgIpc) is 2.75. The largest absolute Gasteiger partial charge is 0.454 e. The second-order valence-corrected chi connectivity index (χ2v) is 4.97. The number of fused-ring (bicyclic) bond motifs is 1. The fraction of sp³-hybridized carbons (Fsp3) is 0.500. The molecule has 1 aliphatic rings. The zero-order valence-corrected chi connectivity index (χ0v) is 11.0. The Balaban J connectivity index is 2.36. The number of ketones is 1. The minimum Gasteiger partial charge on any atom is -0.454 e. The van der Waals surface area contributed by atoms with Crippen LogP contribution < -0.4 is 15.2 Å². The van der Waals surface area contributed by atoms with Crippen LogP contribution in [0.15, 0.2) is 12.1 Å². The molecule has 1 aliphatic heterocycles. The van der Waals surface area contributed by atoms with Gasteiger partial charge in [0.05, 0.1) is 0 Å². The lowest BCUT2D eigenvalue weighted by Crippen LogP contribution is -2.28. The number of ether oxygens (including phenoxy) is 2. The number of rotatable bonds is 4. The van der Waals surface area contributed by atoms with Gasteiger partial charge in [0, 0.05) is 18.0 Å². The SMILES string of the molecule is Cc1cc2c(cc1C(=O)C(CN)C(C)C)OCO2. The van der Waals surface area contributed by atoms with Gasteiger partial charge >= 0.3 is 0 Å². The van der Waals surface area contributed by atoms with Crippen LogP contribution in [0, 0.1) is 18.8 Å². The summed E-state index contributed by atoms with van der Waals surface area (Å²) in [6, 6.07) is 3.62. The van der Waals surface area contributed by atoms with Crippen LogP contribution in [0.4, 0.5) is 0 Å². The Labute approximate surface area is 107 Å². The van der Waals surface area contributed by atoms with Gasteiger partial charge in [-0.1, -0.05) is 13.8 Å². The van der Waals surface area contributed by atoms with Gasteiger partial charge < -0.3 is 15.2 Å². The lowest BCUT2D eigenvalue weighted by molar-refractivity contribution is 0.0891. The molecular formula is C14H19NO3. The minimum atomic E-state index is -0.149. The molecule has 2 N–H and O–H groups in total. The molecule has 0 spiro atoms. The summed E-state index contributed by atoms with van der Waals surface area (Å²) in [6.45, 7) is 6.51. The summed E-state index contributed by atoms with van der Waals surface area (Å²) in [6.07, 6.45) is 0. The van der Waals surface area contributed by atoms with E-state index in [1.807, 2.05) is 26.8 Å². The van der Waals surface area contributed by atoms with Crippen molar-refractivity contribution in [1.82, 2.24) is 0 Å². The lowest BCUT2D eigenvalue weighted by Gasteiger charge is -2.18. The maximum absolute atomic E-state index is 12.5. The molecule has 18 heavy (non-hydrogen) atoms. The van der Waals surface area contributed by atoms with Crippen molar-refractivity contribution in [2.24, 2.45) is 17.6 Å². The van der Waals surface area contributed by atoms with Crippen LogP contribution >= 0.6 is 0 Å². The third-order valence-electron chi connectivity index (χ3n) is 3.38. The van der Waals surface area contributed by atoms with Crippen LogP contribution in [0.25, 0.3) is 0 Å². The molecule has 1 unspecified atom stereocenters. The number of carbonyl (C=O) groups is 1. The molecule has 98 valence electrons. The van der Waals surface area contributed by atoms with Crippen molar-refractivity contribution in [1.29, 1.82) is 0 Å². The van der Waals surface area contributed by atoms with Crippen LogP contribution in [-0.4, -0.2) is 19.1 Å². The normalized spacial score (nSPS) is 14.9. The lowest BCUT2D eigenvalue weighted by atomic mass is 9.86. The minimum absolute atomic E-state index is 0.0864. The number of carbonyl (C=O) groups excluding carboxylic acids is 1. The van der Waals surface area contributed by atoms with Crippen LogP contribution in [0.1, 0.15) is 29.8 Å². The zero-order chi connectivity index (χ0) is 13.3. The maximum Gasteiger partial charge on any atom is 0.231 e. The first kappa shape index (κ1) is 12.9. The maximum atomic E-state index is 12.5. The van der Waals surface area contributed by atoms with Gasteiger partial charge in [0.2, 0.25) is 6.79 Å². The van der Waals surface area contributed by atoms with E-state index in [9.17, 15) is 4.79 Å². The predicted octanol–water partition coefficient (Wildman–Crippen LogP) is 2.14. The molecule has 2 rings (SSSR count). The van der Waals surface area contributed by atoms with E-state index in [0.29, 0.717) is 23.6 Å². The quantitative estimate of drug-likeness (QED) is 0.830. The van der Waals surface area contributed by atoms with E-state index >= 15 is 0 Å². The highest BCUT2D eigenvalue weighted by atomic mass is 16.7. The van der Waals surface area contributed by atoms with E-state index in [1.165, 1.54) is 0 Å². The highest BCUT2D eigenvalue weighted by molar-refractivity contribution is 6.00. The summed E-state index contributed by atoms with van der Waals surface area (Å²) in [5.41, 5.74) is 7.29. The Kier molecular flexibility index (Phi) is 3.57. The fourth-order valence-electron chi connectivity index (χ4n) is 2.19. The number of nitrogens with two attached hydrogens (primary N) is 1. The van der Waals surface area contributed by atoms with E-state index < -0.39 is 0 Å². The van der Waals surface area contributed by atoms with Gasteiger partial charge in [-0.15, -0.1) is 0 Å². The Bertz CT molecular complexity index is 468. The molecule has 4 heteroatoms. The summed E-state index contributed by atoms with van der Waals surface area (Å²) in [4.78, 5) is 12.5. The second-order valence-electron chi connectivity index (χ2n) is 4.97. The van der Waals surface area contributed by atoms with Gasteiger partial charge in [-0.05, 0) is 30.5 Å². The van der Waals surface area contributed by atoms with Crippen LogP contribution in [0.3, 0.4) is 0 Å². The van der Waals surface area contributed by atoms with Crippen molar-refractivity contribution in [3.8, 4) is 11.5 Å². The highest BCUT2D eigenvalue weighted by Gasteiger charge is 2.25. The second kappa shape index (κ2) is 4.98.